The molecule has 1 amide bonds. The maximum atomic E-state index is 12.9. The summed E-state index contributed by atoms with van der Waals surface area (Å²) in [6, 6.07) is 21.3. The van der Waals surface area contributed by atoms with Gasteiger partial charge in [0.15, 0.2) is 5.76 Å². The number of aliphatic carboxylic acids is 1. The molecule has 0 spiro atoms. The highest BCUT2D eigenvalue weighted by Crippen LogP contribution is 2.26. The van der Waals surface area contributed by atoms with Gasteiger partial charge in [0.1, 0.15) is 11.6 Å². The third-order valence-electron chi connectivity index (χ3n) is 5.91. The van der Waals surface area contributed by atoms with Crippen LogP contribution in [0.4, 0.5) is 5.69 Å². The van der Waals surface area contributed by atoms with E-state index < -0.39 is 28.0 Å². The van der Waals surface area contributed by atoms with Crippen molar-refractivity contribution in [3.8, 4) is 11.1 Å². The highest BCUT2D eigenvalue weighted by molar-refractivity contribution is 7.89. The Morgan fingerprint density at radius 1 is 0.917 bits per heavy atom. The standard InChI is InChI=1S/C27H26N2O6S/c1-17(2)25(27(31)32)28-36(33,34)22-14-10-19(11-15-22)18-8-12-21(13-9-18)29(3)26(30)24-16-20-6-4-5-7-23(20)35-24/h4-17,25,28H,1-3H3,(H,31,32). The molecule has 1 aromatic heterocycles. The monoisotopic (exact) mass is 506 g/mol. The highest BCUT2D eigenvalue weighted by Gasteiger charge is 2.28. The molecule has 36 heavy (non-hydrogen) atoms. The van der Waals surface area contributed by atoms with Crippen LogP contribution in [-0.4, -0.2) is 38.5 Å². The van der Waals surface area contributed by atoms with Gasteiger partial charge in [-0.25, -0.2) is 8.42 Å². The summed E-state index contributed by atoms with van der Waals surface area (Å²) in [7, 11) is -2.33. The van der Waals surface area contributed by atoms with Gasteiger partial charge in [-0.15, -0.1) is 0 Å². The summed E-state index contributed by atoms with van der Waals surface area (Å²) in [6.45, 7) is 3.27. The fourth-order valence-corrected chi connectivity index (χ4v) is 5.12. The molecule has 0 aliphatic carbocycles. The van der Waals surface area contributed by atoms with Crippen molar-refractivity contribution in [2.24, 2.45) is 5.92 Å². The maximum absolute atomic E-state index is 12.9. The number of carboxylic acids is 1. The lowest BCUT2D eigenvalue weighted by Crippen LogP contribution is -2.44. The zero-order valence-corrected chi connectivity index (χ0v) is 20.8. The molecule has 186 valence electrons. The number of anilines is 1. The summed E-state index contributed by atoms with van der Waals surface area (Å²) in [4.78, 5) is 25.7. The number of amides is 1. The number of hydrogen-bond donors (Lipinski definition) is 2. The van der Waals surface area contributed by atoms with Gasteiger partial charge in [-0.2, -0.15) is 4.72 Å². The van der Waals surface area contributed by atoms with Gasteiger partial charge in [-0.3, -0.25) is 9.59 Å². The molecule has 2 N–H and O–H groups in total. The average Bonchev–Trinajstić information content (AvgIpc) is 3.31. The third kappa shape index (κ3) is 5.17. The van der Waals surface area contributed by atoms with E-state index in [4.69, 9.17) is 4.42 Å². The first-order valence-corrected chi connectivity index (χ1v) is 12.8. The van der Waals surface area contributed by atoms with Gasteiger partial charge in [0.25, 0.3) is 5.91 Å². The van der Waals surface area contributed by atoms with Crippen molar-refractivity contribution >= 4 is 38.6 Å². The summed E-state index contributed by atoms with van der Waals surface area (Å²) >= 11 is 0. The smallest absolute Gasteiger partial charge is 0.322 e. The molecule has 0 saturated heterocycles. The number of hydrogen-bond acceptors (Lipinski definition) is 5. The molecule has 1 atom stereocenters. The van der Waals surface area contributed by atoms with E-state index in [1.807, 2.05) is 36.4 Å². The normalized spacial score (nSPS) is 12.6. The Kier molecular flexibility index (Phi) is 6.96. The van der Waals surface area contributed by atoms with Crippen LogP contribution in [0.1, 0.15) is 24.4 Å². The van der Waals surface area contributed by atoms with Crippen molar-refractivity contribution in [3.05, 3.63) is 84.6 Å². The quantitative estimate of drug-likeness (QED) is 0.356. The van der Waals surface area contributed by atoms with Crippen molar-refractivity contribution in [3.63, 3.8) is 0 Å². The van der Waals surface area contributed by atoms with Crippen LogP contribution >= 0.6 is 0 Å². The molecular weight excluding hydrogens is 480 g/mol. The second-order valence-corrected chi connectivity index (χ2v) is 10.5. The van der Waals surface area contributed by atoms with Gasteiger partial charge < -0.3 is 14.4 Å². The molecular formula is C27H26N2O6S. The first kappa shape index (κ1) is 25.2. The van der Waals surface area contributed by atoms with E-state index in [1.165, 1.54) is 17.0 Å². The molecule has 1 unspecified atom stereocenters. The lowest BCUT2D eigenvalue weighted by molar-refractivity contribution is -0.140. The predicted octanol–water partition coefficient (Wildman–Crippen LogP) is 4.76. The number of benzene rings is 3. The van der Waals surface area contributed by atoms with Crippen molar-refractivity contribution in [2.75, 3.05) is 11.9 Å². The Balaban J connectivity index is 1.49. The molecule has 0 saturated carbocycles. The minimum atomic E-state index is -4.00. The molecule has 4 aromatic rings. The minimum Gasteiger partial charge on any atom is -0.480 e. The first-order chi connectivity index (χ1) is 17.1. The lowest BCUT2D eigenvalue weighted by Gasteiger charge is -2.18. The lowest BCUT2D eigenvalue weighted by atomic mass is 10.1. The van der Waals surface area contributed by atoms with Crippen molar-refractivity contribution in [1.29, 1.82) is 0 Å². The number of fused-ring (bicyclic) bond motifs is 1. The minimum absolute atomic E-state index is 0.0223. The van der Waals surface area contributed by atoms with Gasteiger partial charge >= 0.3 is 5.97 Å². The molecule has 1 heterocycles. The largest absolute Gasteiger partial charge is 0.480 e. The Bertz CT molecular complexity index is 1470. The topological polar surface area (TPSA) is 117 Å². The Morgan fingerprint density at radius 3 is 2.06 bits per heavy atom. The van der Waals surface area contributed by atoms with Crippen LogP contribution in [-0.2, 0) is 14.8 Å². The first-order valence-electron chi connectivity index (χ1n) is 11.3. The number of rotatable bonds is 8. The van der Waals surface area contributed by atoms with E-state index in [0.717, 1.165) is 16.5 Å². The van der Waals surface area contributed by atoms with E-state index in [2.05, 4.69) is 4.72 Å². The van der Waals surface area contributed by atoms with E-state index >= 15 is 0 Å². The zero-order valence-electron chi connectivity index (χ0n) is 20.0. The van der Waals surface area contributed by atoms with E-state index in [1.54, 1.807) is 51.2 Å². The molecule has 0 radical (unpaired) electrons. The molecule has 0 aliphatic heterocycles. The number of nitrogens with one attached hydrogen (secondary N) is 1. The summed E-state index contributed by atoms with van der Waals surface area (Å²) < 4.78 is 33.2. The van der Waals surface area contributed by atoms with Crippen LogP contribution in [0.2, 0.25) is 0 Å². The Hall–Kier alpha value is -3.95. The van der Waals surface area contributed by atoms with Crippen molar-refractivity contribution in [1.82, 2.24) is 4.72 Å². The van der Waals surface area contributed by atoms with Gasteiger partial charge in [0.05, 0.1) is 4.90 Å². The summed E-state index contributed by atoms with van der Waals surface area (Å²) in [5.74, 6) is -1.67. The number of carbonyl (C=O) groups excluding carboxylic acids is 1. The number of sulfonamides is 1. The zero-order chi connectivity index (χ0) is 26.0. The number of carboxylic acid groups (broad SMARTS) is 1. The van der Waals surface area contributed by atoms with Crippen LogP contribution in [0.3, 0.4) is 0 Å². The number of carbonyl (C=O) groups is 2. The second kappa shape index (κ2) is 9.96. The summed E-state index contributed by atoms with van der Waals surface area (Å²) in [5, 5.41) is 10.1. The Labute approximate surface area is 209 Å². The van der Waals surface area contributed by atoms with E-state index in [0.29, 0.717) is 11.3 Å². The van der Waals surface area contributed by atoms with Crippen LogP contribution in [0, 0.1) is 5.92 Å². The molecule has 8 nitrogen and oxygen atoms in total. The van der Waals surface area contributed by atoms with Gasteiger partial charge in [0, 0.05) is 18.1 Å². The number of nitrogens with zero attached hydrogens (tertiary/aromatic N) is 1. The van der Waals surface area contributed by atoms with E-state index in [9.17, 15) is 23.1 Å². The van der Waals surface area contributed by atoms with Gasteiger partial charge in [0.2, 0.25) is 10.0 Å². The molecule has 0 aliphatic rings. The SMILES string of the molecule is CC(C)C(NS(=O)(=O)c1ccc(-c2ccc(N(C)C(=O)c3cc4ccccc4o3)cc2)cc1)C(=O)O. The number of furan rings is 1. The highest BCUT2D eigenvalue weighted by atomic mass is 32.2. The third-order valence-corrected chi connectivity index (χ3v) is 7.37. The van der Waals surface area contributed by atoms with E-state index in [-0.39, 0.29) is 16.6 Å². The maximum Gasteiger partial charge on any atom is 0.322 e. The second-order valence-electron chi connectivity index (χ2n) is 8.77. The Morgan fingerprint density at radius 2 is 1.50 bits per heavy atom. The fraction of sp³-hybridized carbons (Fsp3) is 0.185. The summed E-state index contributed by atoms with van der Waals surface area (Å²) in [6.07, 6.45) is 0. The number of para-hydroxylation sites is 1. The van der Waals surface area contributed by atoms with Crippen molar-refractivity contribution in [2.45, 2.75) is 24.8 Å². The fourth-order valence-electron chi connectivity index (χ4n) is 3.78. The van der Waals surface area contributed by atoms with Crippen LogP contribution in [0.5, 0.6) is 0 Å². The average molecular weight is 507 g/mol. The van der Waals surface area contributed by atoms with Crippen LogP contribution in [0.25, 0.3) is 22.1 Å². The molecule has 0 bridgehead atoms. The molecule has 9 heteroatoms. The van der Waals surface area contributed by atoms with Crippen LogP contribution in [0.15, 0.2) is 88.2 Å². The molecule has 3 aromatic carbocycles. The molecule has 4 rings (SSSR count). The van der Waals surface area contributed by atoms with Gasteiger partial charge in [-0.05, 0) is 53.4 Å². The summed E-state index contributed by atoms with van der Waals surface area (Å²) in [5.41, 5.74) is 2.91. The molecule has 0 fully saturated rings. The van der Waals surface area contributed by atoms with Crippen LogP contribution < -0.4 is 9.62 Å². The predicted molar refractivity (Wildman–Crippen MR) is 137 cm³/mol. The van der Waals surface area contributed by atoms with Crippen molar-refractivity contribution < 1.29 is 27.5 Å². The van der Waals surface area contributed by atoms with Gasteiger partial charge in [-0.1, -0.05) is 56.3 Å².